The van der Waals surface area contributed by atoms with Crippen molar-refractivity contribution in [3.8, 4) is 0 Å². The second kappa shape index (κ2) is 14.0. The highest BCUT2D eigenvalue weighted by atomic mass is 19.1. The normalized spacial score (nSPS) is 18.2. The molecule has 2 aliphatic rings. The number of carbonyl (C=O) groups is 1. The van der Waals surface area contributed by atoms with Gasteiger partial charge in [0.25, 0.3) is 5.91 Å². The lowest BCUT2D eigenvalue weighted by Gasteiger charge is -2.34. The minimum atomic E-state index is -0.610. The molecule has 0 aromatic carbocycles. The second-order valence-corrected chi connectivity index (χ2v) is 9.70. The molecule has 0 radical (unpaired) electrons. The molecule has 1 unspecified atom stereocenters. The van der Waals surface area contributed by atoms with Gasteiger partial charge in [-0.05, 0) is 57.3 Å². The van der Waals surface area contributed by atoms with Crippen molar-refractivity contribution >= 4 is 29.5 Å². The van der Waals surface area contributed by atoms with Crippen molar-refractivity contribution in [2.75, 3.05) is 18.0 Å². The topological polar surface area (TPSA) is 66.1 Å². The van der Waals surface area contributed by atoms with Crippen LogP contribution in [0.1, 0.15) is 77.6 Å². The molecule has 212 valence electrons. The maximum Gasteiger partial charge on any atom is 0.283 e. The summed E-state index contributed by atoms with van der Waals surface area (Å²) in [5, 5.41) is 0. The van der Waals surface area contributed by atoms with Crippen LogP contribution in [0.15, 0.2) is 64.8 Å². The number of aromatic nitrogens is 2. The van der Waals surface area contributed by atoms with Crippen molar-refractivity contribution in [1.29, 1.82) is 0 Å². The van der Waals surface area contributed by atoms with Crippen molar-refractivity contribution in [1.82, 2.24) is 14.5 Å². The summed E-state index contributed by atoms with van der Waals surface area (Å²) < 4.78 is 29.7. The van der Waals surface area contributed by atoms with Crippen molar-refractivity contribution in [3.63, 3.8) is 0 Å². The smallest absolute Gasteiger partial charge is 0.283 e. The standard InChI is InChI=1S/C28H38F2N6O.C2H4/c1-9-12-23(30)31-14-18(6)25-33-24-26(35(25)15-19(7)21(10-2)13-20(8)29)36-16-22(17(4)5)32-28(36)34(11-3)27(24)37;1-2/h12-14,17,22H,6,9-11,15-16H2,1-5,7-8H3;1-2H2/b20-13+,21-19+,23-12-,31-14-;. The van der Waals surface area contributed by atoms with E-state index in [2.05, 4.69) is 38.6 Å². The Balaban J connectivity index is 0.00000260. The Morgan fingerprint density at radius 2 is 1.87 bits per heavy atom. The summed E-state index contributed by atoms with van der Waals surface area (Å²) in [6, 6.07) is 0.0209. The fourth-order valence-electron chi connectivity index (χ4n) is 4.57. The second-order valence-electron chi connectivity index (χ2n) is 9.70. The number of guanidine groups is 1. The highest BCUT2D eigenvalue weighted by Gasteiger charge is 2.44. The van der Waals surface area contributed by atoms with Gasteiger partial charge >= 0.3 is 0 Å². The lowest BCUT2D eigenvalue weighted by atomic mass is 10.1. The van der Waals surface area contributed by atoms with E-state index in [9.17, 15) is 13.6 Å². The Labute approximate surface area is 231 Å². The Morgan fingerprint density at radius 1 is 1.21 bits per heavy atom. The van der Waals surface area contributed by atoms with Gasteiger partial charge in [0.05, 0.1) is 18.4 Å². The number of halogens is 2. The number of amides is 1. The number of nitrogens with zero attached hydrogens (tertiary/aromatic N) is 6. The molecule has 0 bridgehead atoms. The van der Waals surface area contributed by atoms with Crippen LogP contribution in [0.4, 0.5) is 14.6 Å². The molecule has 39 heavy (non-hydrogen) atoms. The molecular formula is C30H42F2N6O. The molecule has 0 N–H and O–H groups in total. The minimum Gasteiger partial charge on any atom is -0.306 e. The van der Waals surface area contributed by atoms with E-state index in [1.165, 1.54) is 25.3 Å². The maximum atomic E-state index is 14.0. The third-order valence-electron chi connectivity index (χ3n) is 6.56. The summed E-state index contributed by atoms with van der Waals surface area (Å²) in [6.45, 7) is 24.8. The third-order valence-corrected chi connectivity index (χ3v) is 6.56. The summed E-state index contributed by atoms with van der Waals surface area (Å²) >= 11 is 0. The van der Waals surface area contributed by atoms with E-state index in [-0.39, 0.29) is 23.7 Å². The van der Waals surface area contributed by atoms with Crippen LogP contribution in [-0.4, -0.2) is 51.7 Å². The molecule has 0 aliphatic carbocycles. The molecular weight excluding hydrogens is 498 g/mol. The van der Waals surface area contributed by atoms with E-state index in [1.54, 1.807) is 4.90 Å². The predicted octanol–water partition coefficient (Wildman–Crippen LogP) is 7.27. The Hall–Kier alpha value is -3.62. The molecule has 1 amide bonds. The number of hydrogen-bond acceptors (Lipinski definition) is 5. The van der Waals surface area contributed by atoms with Crippen LogP contribution in [0.25, 0.3) is 5.57 Å². The van der Waals surface area contributed by atoms with Crippen LogP contribution in [0.2, 0.25) is 0 Å². The van der Waals surface area contributed by atoms with E-state index < -0.39 is 5.95 Å². The molecule has 2 aliphatic heterocycles. The van der Waals surface area contributed by atoms with Gasteiger partial charge in [-0.15, -0.1) is 13.2 Å². The monoisotopic (exact) mass is 540 g/mol. The van der Waals surface area contributed by atoms with E-state index in [1.807, 2.05) is 37.2 Å². The summed E-state index contributed by atoms with van der Waals surface area (Å²) in [7, 11) is 0. The van der Waals surface area contributed by atoms with Crippen LogP contribution in [-0.2, 0) is 6.54 Å². The van der Waals surface area contributed by atoms with Crippen LogP contribution in [0.5, 0.6) is 0 Å². The fraction of sp³-hybridized carbons (Fsp3) is 0.467. The summed E-state index contributed by atoms with van der Waals surface area (Å²) in [5.74, 6) is 0.805. The number of rotatable bonds is 10. The van der Waals surface area contributed by atoms with Gasteiger partial charge in [-0.1, -0.05) is 39.8 Å². The van der Waals surface area contributed by atoms with Gasteiger partial charge in [0.1, 0.15) is 11.6 Å². The Bertz CT molecular complexity index is 1230. The molecule has 9 heteroatoms. The van der Waals surface area contributed by atoms with E-state index >= 15 is 0 Å². The average molecular weight is 541 g/mol. The predicted molar refractivity (Wildman–Crippen MR) is 158 cm³/mol. The molecule has 1 aromatic rings. The van der Waals surface area contributed by atoms with E-state index in [4.69, 9.17) is 9.98 Å². The molecule has 0 saturated heterocycles. The quantitative estimate of drug-likeness (QED) is 0.136. The summed E-state index contributed by atoms with van der Waals surface area (Å²) in [4.78, 5) is 30.7. The van der Waals surface area contributed by atoms with Gasteiger partial charge < -0.3 is 4.57 Å². The molecule has 1 atom stereocenters. The van der Waals surface area contributed by atoms with Gasteiger partial charge in [-0.2, -0.15) is 4.39 Å². The average Bonchev–Trinajstić information content (AvgIpc) is 3.50. The number of aliphatic imine (C=N–C) groups is 2. The number of anilines is 1. The number of imidazole rings is 1. The van der Waals surface area contributed by atoms with Crippen LogP contribution < -0.4 is 4.90 Å². The summed E-state index contributed by atoms with van der Waals surface area (Å²) in [5.41, 5.74) is 2.44. The van der Waals surface area contributed by atoms with E-state index in [0.717, 1.165) is 11.1 Å². The zero-order valence-electron chi connectivity index (χ0n) is 24.4. The molecule has 3 heterocycles. The molecule has 3 rings (SSSR count). The van der Waals surface area contributed by atoms with E-state index in [0.29, 0.717) is 61.3 Å². The zero-order valence-corrected chi connectivity index (χ0v) is 24.4. The van der Waals surface area contributed by atoms with Gasteiger partial charge in [0.15, 0.2) is 5.69 Å². The molecule has 0 spiro atoms. The van der Waals surface area contributed by atoms with Crippen LogP contribution in [0, 0.1) is 5.92 Å². The minimum absolute atomic E-state index is 0.0209. The molecule has 0 fully saturated rings. The number of hydrogen-bond donors (Lipinski definition) is 0. The van der Waals surface area contributed by atoms with Crippen molar-refractivity contribution in [3.05, 3.63) is 66.3 Å². The highest BCUT2D eigenvalue weighted by Crippen LogP contribution is 2.36. The largest absolute Gasteiger partial charge is 0.306 e. The Morgan fingerprint density at radius 3 is 2.41 bits per heavy atom. The first-order valence-corrected chi connectivity index (χ1v) is 13.4. The lowest BCUT2D eigenvalue weighted by Crippen LogP contribution is -2.50. The highest BCUT2D eigenvalue weighted by molar-refractivity contribution is 6.19. The Kier molecular flexibility index (Phi) is 11.3. The SMILES string of the molecule is C=C.C=C(/C=N\C(F)=C/CC)c1nc2c(n1C/C(C)=C(/C=C(\C)F)CC)N1CC(C(C)C)N=C1N(CC)C2=O. The van der Waals surface area contributed by atoms with Gasteiger partial charge in [-0.3, -0.25) is 14.6 Å². The van der Waals surface area contributed by atoms with Crippen LogP contribution in [0.3, 0.4) is 0 Å². The number of fused-ring (bicyclic) bond motifs is 3. The van der Waals surface area contributed by atoms with Gasteiger partial charge in [0.2, 0.25) is 11.9 Å². The summed E-state index contributed by atoms with van der Waals surface area (Å²) in [6.07, 6.45) is 5.38. The molecule has 1 aromatic heterocycles. The zero-order chi connectivity index (χ0) is 29.4. The van der Waals surface area contributed by atoms with Crippen LogP contribution >= 0.6 is 0 Å². The number of carbonyl (C=O) groups excluding carboxylic acids is 1. The van der Waals surface area contributed by atoms with Gasteiger partial charge in [0, 0.05) is 24.9 Å². The maximum absolute atomic E-state index is 14.0. The fourth-order valence-corrected chi connectivity index (χ4v) is 4.57. The molecule has 7 nitrogen and oxygen atoms in total. The first-order chi connectivity index (χ1) is 18.5. The van der Waals surface area contributed by atoms with Crippen molar-refractivity contribution in [2.24, 2.45) is 15.9 Å². The molecule has 0 saturated carbocycles. The van der Waals surface area contributed by atoms with Crippen molar-refractivity contribution in [2.45, 2.75) is 73.9 Å². The van der Waals surface area contributed by atoms with Gasteiger partial charge in [-0.25, -0.2) is 19.4 Å². The van der Waals surface area contributed by atoms with Crippen molar-refractivity contribution < 1.29 is 13.6 Å². The first-order valence-electron chi connectivity index (χ1n) is 13.4. The number of allylic oxidation sites excluding steroid dienone is 6. The third kappa shape index (κ3) is 6.88. The lowest BCUT2D eigenvalue weighted by molar-refractivity contribution is 0.0841. The first kappa shape index (κ1) is 31.6.